The number of hydrogen-bond donors (Lipinski definition) is 1. The van der Waals surface area contributed by atoms with Crippen molar-refractivity contribution in [2.45, 2.75) is 63.4 Å². The summed E-state index contributed by atoms with van der Waals surface area (Å²) in [6.07, 6.45) is 0.480. The number of unbranched alkanes of at least 4 members (excludes halogenated alkanes) is 1. The molecule has 0 unspecified atom stereocenters. The quantitative estimate of drug-likeness (QED) is 0.604. The van der Waals surface area contributed by atoms with Crippen LogP contribution in [0, 0.1) is 0 Å². The lowest BCUT2D eigenvalue weighted by Gasteiger charge is -2.24. The summed E-state index contributed by atoms with van der Waals surface area (Å²) in [5.41, 5.74) is -0.567. The number of aromatic nitrogens is 2. The average molecular weight is 376 g/mol. The molecule has 0 saturated carbocycles. The molecule has 0 aromatic carbocycles. The zero-order valence-electron chi connectivity index (χ0n) is 14.5. The number of likely N-dealkylation sites (tertiary alicyclic amines) is 1. The van der Waals surface area contributed by atoms with Crippen LogP contribution in [0.3, 0.4) is 0 Å². The van der Waals surface area contributed by atoms with Gasteiger partial charge in [0.15, 0.2) is 5.03 Å². The van der Waals surface area contributed by atoms with Crippen LogP contribution in [0.4, 0.5) is 4.79 Å². The molecule has 2 heterocycles. The molecule has 7 nitrogen and oxygen atoms in total. The van der Waals surface area contributed by atoms with Gasteiger partial charge in [0.05, 0.1) is 24.8 Å². The molecule has 9 heteroatoms. The van der Waals surface area contributed by atoms with Gasteiger partial charge in [-0.3, -0.25) is 0 Å². The van der Waals surface area contributed by atoms with Crippen LogP contribution in [0.25, 0.3) is 0 Å². The number of aliphatic hydroxyl groups is 1. The smallest absolute Gasteiger partial charge is 0.410 e. The molecule has 0 spiro atoms. The van der Waals surface area contributed by atoms with E-state index < -0.39 is 23.9 Å². The molecule has 24 heavy (non-hydrogen) atoms. The number of aliphatic hydroxyl groups excluding tert-OH is 1. The number of ether oxygens (including phenoxy) is 2. The maximum absolute atomic E-state index is 12.1. The van der Waals surface area contributed by atoms with Gasteiger partial charge >= 0.3 is 6.09 Å². The molecule has 0 radical (unpaired) electrons. The van der Waals surface area contributed by atoms with Crippen LogP contribution in [-0.2, 0) is 4.74 Å². The lowest BCUT2D eigenvalue weighted by molar-refractivity contribution is 0.0268. The third kappa shape index (κ3) is 5.49. The minimum atomic E-state index is -0.771. The van der Waals surface area contributed by atoms with Crippen molar-refractivity contribution in [2.75, 3.05) is 18.8 Å². The molecule has 1 saturated heterocycles. The van der Waals surface area contributed by atoms with Crippen molar-refractivity contribution in [3.63, 3.8) is 0 Å². The maximum atomic E-state index is 12.1. The number of hydrogen-bond acceptors (Lipinski definition) is 8. The Hall–Kier alpha value is -1.06. The van der Waals surface area contributed by atoms with E-state index in [9.17, 15) is 9.90 Å². The van der Waals surface area contributed by atoms with E-state index in [1.807, 2.05) is 20.8 Å². The Balaban J connectivity index is 1.92. The summed E-state index contributed by atoms with van der Waals surface area (Å²) in [5, 5.41) is 10.9. The second-order valence-corrected chi connectivity index (χ2v) is 8.30. The first-order valence-corrected chi connectivity index (χ1v) is 9.79. The second-order valence-electron chi connectivity index (χ2n) is 6.69. The van der Waals surface area contributed by atoms with Crippen molar-refractivity contribution in [3.05, 3.63) is 0 Å². The maximum Gasteiger partial charge on any atom is 0.410 e. The van der Waals surface area contributed by atoms with Crippen LogP contribution in [-0.4, -0.2) is 61.5 Å². The molecule has 0 bridgehead atoms. The zero-order valence-corrected chi connectivity index (χ0v) is 16.2. The number of rotatable bonds is 6. The highest BCUT2D eigenvalue weighted by molar-refractivity contribution is 7.99. The molecular formula is C15H25N3O4S2. The fourth-order valence-electron chi connectivity index (χ4n) is 2.14. The molecule has 2 rings (SSSR count). The van der Waals surface area contributed by atoms with Crippen LogP contribution in [0.2, 0.25) is 0 Å². The predicted octanol–water partition coefficient (Wildman–Crippen LogP) is 2.79. The minimum Gasteiger partial charge on any atom is -0.467 e. The van der Waals surface area contributed by atoms with E-state index in [-0.39, 0.29) is 13.1 Å². The van der Waals surface area contributed by atoms with Gasteiger partial charge in [-0.15, -0.1) is 4.37 Å². The topological polar surface area (TPSA) is 84.8 Å². The number of nitrogens with zero attached hydrogens (tertiary/aromatic N) is 3. The largest absolute Gasteiger partial charge is 0.467 e. The zero-order chi connectivity index (χ0) is 17.7. The summed E-state index contributed by atoms with van der Waals surface area (Å²) in [5.74, 6) is 1.39. The number of amides is 1. The van der Waals surface area contributed by atoms with E-state index in [2.05, 4.69) is 15.7 Å². The van der Waals surface area contributed by atoms with Gasteiger partial charge in [-0.1, -0.05) is 25.1 Å². The Labute approximate surface area is 151 Å². The van der Waals surface area contributed by atoms with E-state index in [4.69, 9.17) is 9.47 Å². The molecule has 2 atom stereocenters. The third-order valence-corrected chi connectivity index (χ3v) is 4.98. The van der Waals surface area contributed by atoms with E-state index in [1.165, 1.54) is 4.90 Å². The van der Waals surface area contributed by atoms with Crippen molar-refractivity contribution in [3.8, 4) is 5.88 Å². The highest BCUT2D eigenvalue weighted by atomic mass is 32.2. The molecule has 1 amide bonds. The standard InChI is InChI=1S/C15H25N3O4S2/c1-5-6-7-23-13-12(16-24-17-13)21-11-9-18(8-10(11)19)14(20)22-15(2,3)4/h10-11,19H,5-9H2,1-4H3/t10-,11-/m0/s1. The van der Waals surface area contributed by atoms with Gasteiger partial charge in [-0.25, -0.2) is 4.79 Å². The van der Waals surface area contributed by atoms with Crippen LogP contribution >= 0.6 is 23.5 Å². The monoisotopic (exact) mass is 375 g/mol. The van der Waals surface area contributed by atoms with Crippen molar-refractivity contribution in [1.82, 2.24) is 13.6 Å². The van der Waals surface area contributed by atoms with Crippen LogP contribution in [0.15, 0.2) is 5.03 Å². The van der Waals surface area contributed by atoms with Gasteiger partial charge in [0.25, 0.3) is 5.88 Å². The fraction of sp³-hybridized carbons (Fsp3) is 0.800. The Morgan fingerprint density at radius 2 is 2.17 bits per heavy atom. The first kappa shape index (κ1) is 19.3. The number of thioether (sulfide) groups is 1. The molecular weight excluding hydrogens is 350 g/mol. The van der Waals surface area contributed by atoms with Crippen LogP contribution in [0.5, 0.6) is 5.88 Å². The second kappa shape index (κ2) is 8.35. The predicted molar refractivity (Wildman–Crippen MR) is 93.8 cm³/mol. The normalized spacial score (nSPS) is 21.1. The molecule has 1 aromatic heterocycles. The molecule has 1 aliphatic heterocycles. The van der Waals surface area contributed by atoms with Crippen molar-refractivity contribution in [2.24, 2.45) is 0 Å². The lowest BCUT2D eigenvalue weighted by Crippen LogP contribution is -2.36. The Morgan fingerprint density at radius 3 is 2.83 bits per heavy atom. The summed E-state index contributed by atoms with van der Waals surface area (Å²) in [6.45, 7) is 8.03. The molecule has 1 aromatic rings. The van der Waals surface area contributed by atoms with Gasteiger partial charge in [-0.05, 0) is 32.9 Å². The van der Waals surface area contributed by atoms with Gasteiger partial charge < -0.3 is 19.5 Å². The van der Waals surface area contributed by atoms with E-state index in [0.717, 1.165) is 35.3 Å². The summed E-state index contributed by atoms with van der Waals surface area (Å²) in [7, 11) is 0. The van der Waals surface area contributed by atoms with Crippen molar-refractivity contribution < 1.29 is 19.4 Å². The minimum absolute atomic E-state index is 0.190. The van der Waals surface area contributed by atoms with Crippen molar-refractivity contribution in [1.29, 1.82) is 0 Å². The lowest BCUT2D eigenvalue weighted by atomic mass is 10.2. The summed E-state index contributed by atoms with van der Waals surface area (Å²) < 4.78 is 19.6. The van der Waals surface area contributed by atoms with Gasteiger partial charge in [0, 0.05) is 0 Å². The van der Waals surface area contributed by atoms with Crippen LogP contribution in [0.1, 0.15) is 40.5 Å². The third-order valence-electron chi connectivity index (χ3n) is 3.32. The highest BCUT2D eigenvalue weighted by Gasteiger charge is 2.38. The SMILES string of the molecule is CCCCSc1nsnc1O[C@H]1CN(C(=O)OC(C)(C)C)C[C@@H]1O. The number of carbonyl (C=O) groups excluding carboxylic acids is 1. The van der Waals surface area contributed by atoms with Crippen molar-refractivity contribution >= 4 is 29.6 Å². The fourth-order valence-corrected chi connectivity index (χ4v) is 3.75. The average Bonchev–Trinajstić information content (AvgIpc) is 3.06. The number of carbonyl (C=O) groups is 1. The molecule has 0 aliphatic carbocycles. The summed E-state index contributed by atoms with van der Waals surface area (Å²) in [4.78, 5) is 13.6. The molecule has 136 valence electrons. The summed E-state index contributed by atoms with van der Waals surface area (Å²) in [6, 6.07) is 0. The van der Waals surface area contributed by atoms with E-state index in [1.54, 1.807) is 11.8 Å². The first-order valence-electron chi connectivity index (χ1n) is 8.08. The first-order chi connectivity index (χ1) is 11.3. The Bertz CT molecular complexity index is 547. The number of β-amino-alcohol motifs (C(OH)–C–C–N with tert-alkyl or cyclic N) is 1. The van der Waals surface area contributed by atoms with E-state index >= 15 is 0 Å². The Kier molecular flexibility index (Phi) is 6.70. The van der Waals surface area contributed by atoms with Gasteiger partial charge in [0.2, 0.25) is 0 Å². The van der Waals surface area contributed by atoms with E-state index in [0.29, 0.717) is 5.88 Å². The van der Waals surface area contributed by atoms with Crippen LogP contribution < -0.4 is 4.74 Å². The Morgan fingerprint density at radius 1 is 1.42 bits per heavy atom. The van der Waals surface area contributed by atoms with Gasteiger partial charge in [-0.2, -0.15) is 4.37 Å². The summed E-state index contributed by atoms with van der Waals surface area (Å²) >= 11 is 2.69. The highest BCUT2D eigenvalue weighted by Crippen LogP contribution is 2.30. The molecule has 1 N–H and O–H groups in total. The molecule has 1 aliphatic rings. The van der Waals surface area contributed by atoms with Gasteiger partial charge in [0.1, 0.15) is 17.8 Å². The molecule has 1 fully saturated rings.